The third kappa shape index (κ3) is 3.76. The molecular weight excluding hydrogens is 474 g/mol. The summed E-state index contributed by atoms with van der Waals surface area (Å²) in [6.45, 7) is 0. The van der Waals surface area contributed by atoms with E-state index in [4.69, 9.17) is 5.84 Å². The van der Waals surface area contributed by atoms with Crippen molar-refractivity contribution in [2.24, 2.45) is 0 Å². The molecule has 1 saturated heterocycles. The van der Waals surface area contributed by atoms with E-state index in [-0.39, 0.29) is 5.75 Å². The minimum Gasteiger partial charge on any atom is -0.335 e. The van der Waals surface area contributed by atoms with Gasteiger partial charge < -0.3 is 11.2 Å². The van der Waals surface area contributed by atoms with Gasteiger partial charge in [-0.3, -0.25) is 15.0 Å². The number of aromatic nitrogens is 3. The van der Waals surface area contributed by atoms with Crippen LogP contribution in [0.1, 0.15) is 32.1 Å². The third-order valence-electron chi connectivity index (χ3n) is 5.22. The molecular formula is C18H20BrN7O3S. The number of nitrogens with two attached hydrogens (primary N) is 1. The van der Waals surface area contributed by atoms with Crippen LogP contribution in [0.3, 0.4) is 0 Å². The van der Waals surface area contributed by atoms with Crippen LogP contribution in [0.2, 0.25) is 0 Å². The summed E-state index contributed by atoms with van der Waals surface area (Å²) in [5.41, 5.74) is 2.27. The lowest BCUT2D eigenvalue weighted by Gasteiger charge is -2.30. The first kappa shape index (κ1) is 20.7. The second-order valence-corrected chi connectivity index (χ2v) is 8.99. The number of benzene rings is 1. The molecule has 1 aromatic carbocycles. The Labute approximate surface area is 185 Å². The maximum absolute atomic E-state index is 12.7. The fourth-order valence-corrected chi connectivity index (χ4v) is 4.82. The lowest BCUT2D eigenvalue weighted by molar-refractivity contribution is -0.139. The molecule has 10 nitrogen and oxygen atoms in total. The highest BCUT2D eigenvalue weighted by Gasteiger charge is 2.52. The Balaban J connectivity index is 1.38. The molecule has 1 aliphatic carbocycles. The van der Waals surface area contributed by atoms with E-state index in [1.807, 2.05) is 24.3 Å². The van der Waals surface area contributed by atoms with Crippen LogP contribution < -0.4 is 16.6 Å². The fourth-order valence-electron chi connectivity index (χ4n) is 3.70. The first-order valence-electron chi connectivity index (χ1n) is 9.46. The Morgan fingerprint density at radius 2 is 1.97 bits per heavy atom. The molecule has 0 bridgehead atoms. The summed E-state index contributed by atoms with van der Waals surface area (Å²) in [6, 6.07) is 6.83. The van der Waals surface area contributed by atoms with Gasteiger partial charge in [0.2, 0.25) is 11.1 Å². The molecule has 0 unspecified atom stereocenters. The highest BCUT2D eigenvalue weighted by Crippen LogP contribution is 2.33. The Hall–Kier alpha value is -2.60. The quantitative estimate of drug-likeness (QED) is 0.328. The van der Waals surface area contributed by atoms with Crippen molar-refractivity contribution in [1.82, 2.24) is 30.6 Å². The molecule has 30 heavy (non-hydrogen) atoms. The number of halogens is 1. The Morgan fingerprint density at radius 1 is 1.23 bits per heavy atom. The van der Waals surface area contributed by atoms with E-state index in [0.29, 0.717) is 23.8 Å². The summed E-state index contributed by atoms with van der Waals surface area (Å²) >= 11 is 4.50. The van der Waals surface area contributed by atoms with Crippen molar-refractivity contribution in [3.8, 4) is 11.4 Å². The molecule has 4 rings (SSSR count). The van der Waals surface area contributed by atoms with E-state index in [1.165, 1.54) is 4.68 Å². The first-order chi connectivity index (χ1) is 14.4. The zero-order valence-corrected chi connectivity index (χ0v) is 18.3. The number of nitrogen functional groups attached to an aromatic ring is 1. The van der Waals surface area contributed by atoms with Crippen LogP contribution in [0.4, 0.5) is 4.79 Å². The van der Waals surface area contributed by atoms with Crippen LogP contribution >= 0.6 is 27.7 Å². The SMILES string of the molecule is Nn1c(SCC(=O)NN2C(=O)NC3(CCCCC3)C2=O)nnc1-c1ccccc1Br. The van der Waals surface area contributed by atoms with E-state index in [1.54, 1.807) is 0 Å². The molecule has 158 valence electrons. The van der Waals surface area contributed by atoms with Gasteiger partial charge in [0.15, 0.2) is 5.82 Å². The number of hydrogen-bond donors (Lipinski definition) is 3. The van der Waals surface area contributed by atoms with Crippen molar-refractivity contribution in [3.63, 3.8) is 0 Å². The summed E-state index contributed by atoms with van der Waals surface area (Å²) < 4.78 is 2.11. The van der Waals surface area contributed by atoms with Gasteiger partial charge in [-0.2, -0.15) is 5.01 Å². The van der Waals surface area contributed by atoms with Gasteiger partial charge >= 0.3 is 6.03 Å². The lowest BCUT2D eigenvalue weighted by Crippen LogP contribution is -2.51. The summed E-state index contributed by atoms with van der Waals surface area (Å²) in [5.74, 6) is 5.52. The molecule has 2 aromatic rings. The minimum absolute atomic E-state index is 0.0879. The van der Waals surface area contributed by atoms with Crippen molar-refractivity contribution < 1.29 is 14.4 Å². The van der Waals surface area contributed by atoms with Crippen molar-refractivity contribution in [2.75, 3.05) is 11.6 Å². The fraction of sp³-hybridized carbons (Fsp3) is 0.389. The van der Waals surface area contributed by atoms with Crippen LogP contribution in [0, 0.1) is 0 Å². The Kier molecular flexibility index (Phi) is 5.69. The maximum Gasteiger partial charge on any atom is 0.344 e. The van der Waals surface area contributed by atoms with Gasteiger partial charge in [0, 0.05) is 10.0 Å². The highest BCUT2D eigenvalue weighted by molar-refractivity contribution is 9.10. The Morgan fingerprint density at radius 3 is 2.70 bits per heavy atom. The molecule has 1 saturated carbocycles. The summed E-state index contributed by atoms with van der Waals surface area (Å²) in [7, 11) is 0. The normalized spacial score (nSPS) is 18.0. The second kappa shape index (κ2) is 8.26. The van der Waals surface area contributed by atoms with Crippen LogP contribution in [-0.2, 0) is 9.59 Å². The molecule has 2 fully saturated rings. The predicted octanol–water partition coefficient (Wildman–Crippen LogP) is 1.80. The van der Waals surface area contributed by atoms with E-state index in [2.05, 4.69) is 36.9 Å². The van der Waals surface area contributed by atoms with E-state index in [0.717, 1.165) is 46.1 Å². The van der Waals surface area contributed by atoms with Crippen LogP contribution in [0.5, 0.6) is 0 Å². The van der Waals surface area contributed by atoms with E-state index < -0.39 is 23.4 Å². The summed E-state index contributed by atoms with van der Waals surface area (Å²) in [4.78, 5) is 37.3. The van der Waals surface area contributed by atoms with Gasteiger partial charge in [0.05, 0.1) is 5.75 Å². The number of carbonyl (C=O) groups is 3. The average molecular weight is 494 g/mol. The topological polar surface area (TPSA) is 135 Å². The number of hydrazine groups is 1. The monoisotopic (exact) mass is 493 g/mol. The standard InChI is InChI=1S/C18H20BrN7O3S/c19-12-7-3-2-6-11(12)14-22-23-17(25(14)20)30-10-13(27)24-26-15(28)18(21-16(26)29)8-4-1-5-9-18/h2-3,6-7H,1,4-5,8-10,20H2,(H,21,29)(H,24,27). The van der Waals surface area contributed by atoms with Gasteiger partial charge in [0.25, 0.3) is 5.91 Å². The van der Waals surface area contributed by atoms with E-state index in [9.17, 15) is 14.4 Å². The van der Waals surface area contributed by atoms with Crippen LogP contribution in [-0.4, -0.2) is 49.0 Å². The first-order valence-corrected chi connectivity index (χ1v) is 11.2. The maximum atomic E-state index is 12.7. The highest BCUT2D eigenvalue weighted by atomic mass is 79.9. The Bertz CT molecular complexity index is 1010. The molecule has 0 radical (unpaired) electrons. The minimum atomic E-state index is -0.884. The number of urea groups is 1. The van der Waals surface area contributed by atoms with Crippen molar-refractivity contribution in [3.05, 3.63) is 28.7 Å². The zero-order chi connectivity index (χ0) is 21.3. The predicted molar refractivity (Wildman–Crippen MR) is 113 cm³/mol. The van der Waals surface area contributed by atoms with Gasteiger partial charge in [0.1, 0.15) is 5.54 Å². The van der Waals surface area contributed by atoms with Crippen molar-refractivity contribution >= 4 is 45.5 Å². The lowest BCUT2D eigenvalue weighted by atomic mass is 9.82. The molecule has 1 aliphatic heterocycles. The van der Waals surface area contributed by atoms with Crippen LogP contribution in [0.25, 0.3) is 11.4 Å². The average Bonchev–Trinajstić information content (AvgIpc) is 3.20. The number of imide groups is 1. The third-order valence-corrected chi connectivity index (χ3v) is 6.85. The second-order valence-electron chi connectivity index (χ2n) is 7.19. The number of nitrogens with zero attached hydrogens (tertiary/aromatic N) is 4. The zero-order valence-electron chi connectivity index (χ0n) is 15.9. The number of thioether (sulfide) groups is 1. The van der Waals surface area contributed by atoms with Crippen LogP contribution in [0.15, 0.2) is 33.9 Å². The molecule has 2 aliphatic rings. The van der Waals surface area contributed by atoms with Gasteiger partial charge in [-0.15, -0.1) is 10.2 Å². The molecule has 4 amide bonds. The smallest absolute Gasteiger partial charge is 0.335 e. The molecule has 1 spiro atoms. The van der Waals surface area contributed by atoms with E-state index >= 15 is 0 Å². The van der Waals surface area contributed by atoms with Gasteiger partial charge in [-0.25, -0.2) is 9.47 Å². The summed E-state index contributed by atoms with van der Waals surface area (Å²) in [5, 5.41) is 12.0. The number of carbonyl (C=O) groups excluding carboxylic acids is 3. The number of hydrogen-bond acceptors (Lipinski definition) is 7. The molecule has 1 aromatic heterocycles. The number of nitrogens with one attached hydrogen (secondary N) is 2. The van der Waals surface area contributed by atoms with Gasteiger partial charge in [-0.1, -0.05) is 59.1 Å². The number of rotatable bonds is 5. The van der Waals surface area contributed by atoms with Gasteiger partial charge in [-0.05, 0) is 25.0 Å². The molecule has 12 heteroatoms. The molecule has 2 heterocycles. The number of amides is 4. The largest absolute Gasteiger partial charge is 0.344 e. The van der Waals surface area contributed by atoms with Crippen molar-refractivity contribution in [1.29, 1.82) is 0 Å². The summed E-state index contributed by atoms with van der Waals surface area (Å²) in [6.07, 6.45) is 3.96. The molecule has 4 N–H and O–H groups in total. The molecule has 0 atom stereocenters. The van der Waals surface area contributed by atoms with Crippen molar-refractivity contribution in [2.45, 2.75) is 42.8 Å².